The van der Waals surface area contributed by atoms with E-state index in [2.05, 4.69) is 11.9 Å². The van der Waals surface area contributed by atoms with E-state index in [0.29, 0.717) is 17.9 Å². The minimum Gasteiger partial charge on any atom is -0.272 e. The maximum absolute atomic E-state index is 11.1. The van der Waals surface area contributed by atoms with Crippen molar-refractivity contribution in [3.8, 4) is 0 Å². The van der Waals surface area contributed by atoms with Crippen molar-refractivity contribution in [1.82, 2.24) is 5.06 Å². The van der Waals surface area contributed by atoms with E-state index in [0.717, 1.165) is 6.42 Å². The van der Waals surface area contributed by atoms with Crippen molar-refractivity contribution in [2.24, 2.45) is 5.41 Å². The highest BCUT2D eigenvalue weighted by molar-refractivity contribution is 5.83. The molecule has 0 aromatic rings. The van der Waals surface area contributed by atoms with E-state index in [9.17, 15) is 4.79 Å². The summed E-state index contributed by atoms with van der Waals surface area (Å²) in [5, 5.41) is 0.471. The van der Waals surface area contributed by atoms with Crippen molar-refractivity contribution < 1.29 is 9.63 Å². The molecule has 0 N–H and O–H groups in total. The van der Waals surface area contributed by atoms with Crippen molar-refractivity contribution in [2.75, 3.05) is 0 Å². The van der Waals surface area contributed by atoms with Crippen LogP contribution >= 0.6 is 0 Å². The van der Waals surface area contributed by atoms with E-state index in [1.807, 2.05) is 0 Å². The van der Waals surface area contributed by atoms with Gasteiger partial charge in [-0.2, -0.15) is 0 Å². The molecule has 0 aliphatic heterocycles. The predicted molar refractivity (Wildman–Crippen MR) is 37.1 cm³/mol. The molecule has 6 radical (unpaired) electrons. The first-order valence-corrected chi connectivity index (χ1v) is 3.35. The number of carbonyl (C=O) groups is 1. The summed E-state index contributed by atoms with van der Waals surface area (Å²) in [5.74, 6) is -0.466. The second-order valence-electron chi connectivity index (χ2n) is 2.75. The molecule has 0 aromatic heterocycles. The lowest BCUT2D eigenvalue weighted by atomic mass is 9.70. The topological polar surface area (TPSA) is 29.5 Å². The van der Waals surface area contributed by atoms with Crippen LogP contribution in [-0.4, -0.2) is 11.0 Å². The molecule has 1 aliphatic carbocycles. The molecule has 1 fully saturated rings. The van der Waals surface area contributed by atoms with Crippen LogP contribution in [0, 0.1) is 26.5 Å². The molecule has 1 rings (SSSR count). The first kappa shape index (κ1) is 8.53. The third-order valence-corrected chi connectivity index (χ3v) is 1.99. The van der Waals surface area contributed by atoms with Crippen LogP contribution in [0.15, 0.2) is 0 Å². The van der Waals surface area contributed by atoms with Crippen LogP contribution in [0.1, 0.15) is 19.3 Å². The lowest BCUT2D eigenvalue weighted by Crippen LogP contribution is -2.43. The van der Waals surface area contributed by atoms with Gasteiger partial charge in [-0.1, -0.05) is 6.42 Å². The smallest absolute Gasteiger partial charge is 0.253 e. The molecule has 0 aromatic carbocycles. The van der Waals surface area contributed by atoms with Gasteiger partial charge >= 0.3 is 0 Å². The van der Waals surface area contributed by atoms with E-state index in [-0.39, 0.29) is 0 Å². The van der Waals surface area contributed by atoms with Gasteiger partial charge in [0, 0.05) is 0 Å². The Morgan fingerprint density at radius 1 is 1.55 bits per heavy atom. The zero-order chi connectivity index (χ0) is 8.48. The number of hydrogen-bond acceptors (Lipinski definition) is 2. The number of nitrogens with zero attached hydrogens (tertiary/aromatic N) is 1. The molecule has 0 spiro atoms. The minimum atomic E-state index is -0.839. The summed E-state index contributed by atoms with van der Waals surface area (Å²) in [6, 6.07) is 0. The molecular formula is C8H9NO2. The Kier molecular flexibility index (Phi) is 2.18. The Labute approximate surface area is 67.3 Å². The molecule has 0 heterocycles. The summed E-state index contributed by atoms with van der Waals surface area (Å²) in [7, 11) is 9.74. The van der Waals surface area contributed by atoms with E-state index in [1.54, 1.807) is 0 Å². The van der Waals surface area contributed by atoms with Gasteiger partial charge in [-0.3, -0.25) is 9.63 Å². The largest absolute Gasteiger partial charge is 0.272 e. The Hall–Kier alpha value is -0.570. The predicted octanol–water partition coefficient (Wildman–Crippen LogP) is 0.965. The maximum Gasteiger partial charge on any atom is 0.253 e. The molecule has 0 saturated heterocycles. The number of hydrogen-bond donors (Lipinski definition) is 0. The van der Waals surface area contributed by atoms with Gasteiger partial charge in [-0.15, -0.1) is 0 Å². The Morgan fingerprint density at radius 2 is 2.09 bits per heavy atom. The fraction of sp³-hybridized carbons (Fsp3) is 0.500. The van der Waals surface area contributed by atoms with Crippen molar-refractivity contribution in [2.45, 2.75) is 19.3 Å². The minimum absolute atomic E-state index is 0.466. The number of hydroxylamine groups is 2. The lowest BCUT2D eigenvalue weighted by Gasteiger charge is -2.37. The first-order valence-electron chi connectivity index (χ1n) is 3.35. The summed E-state index contributed by atoms with van der Waals surface area (Å²) < 4.78 is 0. The molecule has 1 aliphatic rings. The fourth-order valence-electron chi connectivity index (χ4n) is 1.04. The van der Waals surface area contributed by atoms with Crippen molar-refractivity contribution in [3.05, 3.63) is 21.1 Å². The number of carbonyl (C=O) groups excluding carboxylic acids is 1. The summed E-state index contributed by atoms with van der Waals surface area (Å²) in [4.78, 5) is 15.2. The summed E-state index contributed by atoms with van der Waals surface area (Å²) in [6.07, 6.45) is 2.23. The van der Waals surface area contributed by atoms with Gasteiger partial charge < -0.3 is 0 Å². The zero-order valence-electron chi connectivity index (χ0n) is 6.12. The van der Waals surface area contributed by atoms with Gasteiger partial charge in [0.25, 0.3) is 5.91 Å². The monoisotopic (exact) mass is 151 g/mol. The quantitative estimate of drug-likeness (QED) is 0.434. The Morgan fingerprint density at radius 3 is 2.36 bits per heavy atom. The zero-order valence-corrected chi connectivity index (χ0v) is 6.12. The normalized spacial score (nSPS) is 20.6. The van der Waals surface area contributed by atoms with E-state index < -0.39 is 11.3 Å². The standard InChI is InChI=1S/C8H9NO2/c1-8(5-4-6-8)7(10)9(2)11-3/h1-3H,4-6H2. The SMILES string of the molecule is [CH]ON([CH])C(=O)C1([CH])CCC1. The molecule has 3 nitrogen and oxygen atoms in total. The van der Waals surface area contributed by atoms with Crippen LogP contribution in [0.3, 0.4) is 0 Å². The van der Waals surface area contributed by atoms with Crippen LogP contribution in [0.25, 0.3) is 0 Å². The average molecular weight is 151 g/mol. The number of amides is 1. The van der Waals surface area contributed by atoms with E-state index in [4.69, 9.17) is 14.0 Å². The second-order valence-corrected chi connectivity index (χ2v) is 2.75. The first-order chi connectivity index (χ1) is 5.10. The van der Waals surface area contributed by atoms with Crippen LogP contribution in [-0.2, 0) is 9.63 Å². The molecule has 11 heavy (non-hydrogen) atoms. The molecule has 1 amide bonds. The highest BCUT2D eigenvalue weighted by Gasteiger charge is 2.41. The fourth-order valence-corrected chi connectivity index (χ4v) is 1.04. The maximum atomic E-state index is 11.1. The molecule has 1 saturated carbocycles. The van der Waals surface area contributed by atoms with Gasteiger partial charge in [-0.25, -0.2) is 5.06 Å². The molecule has 0 unspecified atom stereocenters. The van der Waals surface area contributed by atoms with Gasteiger partial charge in [0.15, 0.2) is 0 Å². The summed E-state index contributed by atoms with van der Waals surface area (Å²) in [6.45, 7) is 5.62. The third kappa shape index (κ3) is 1.38. The van der Waals surface area contributed by atoms with Gasteiger partial charge in [0.1, 0.15) is 14.2 Å². The van der Waals surface area contributed by atoms with Crippen molar-refractivity contribution >= 4 is 5.91 Å². The van der Waals surface area contributed by atoms with Crippen molar-refractivity contribution in [3.63, 3.8) is 0 Å². The Bertz CT molecular complexity index is 163. The van der Waals surface area contributed by atoms with Gasteiger partial charge in [0.05, 0.1) is 5.41 Å². The van der Waals surface area contributed by atoms with Crippen LogP contribution < -0.4 is 0 Å². The lowest BCUT2D eigenvalue weighted by molar-refractivity contribution is -0.171. The Balaban J connectivity index is 2.52. The summed E-state index contributed by atoms with van der Waals surface area (Å²) >= 11 is 0. The average Bonchev–Trinajstić information content (AvgIpc) is 1.97. The third-order valence-electron chi connectivity index (χ3n) is 1.99. The van der Waals surface area contributed by atoms with E-state index >= 15 is 0 Å². The van der Waals surface area contributed by atoms with E-state index in [1.165, 1.54) is 0 Å². The highest BCUT2D eigenvalue weighted by atomic mass is 16.7. The molecular weight excluding hydrogens is 142 g/mol. The van der Waals surface area contributed by atoms with Crippen molar-refractivity contribution in [1.29, 1.82) is 0 Å². The second kappa shape index (κ2) is 2.81. The van der Waals surface area contributed by atoms with Crippen LogP contribution in [0.2, 0.25) is 0 Å². The van der Waals surface area contributed by atoms with Crippen LogP contribution in [0.4, 0.5) is 0 Å². The summed E-state index contributed by atoms with van der Waals surface area (Å²) in [5.41, 5.74) is -0.839. The molecule has 0 atom stereocenters. The van der Waals surface area contributed by atoms with Gasteiger partial charge in [-0.05, 0) is 19.8 Å². The molecule has 58 valence electrons. The number of rotatable bonds is 2. The molecule has 3 heteroatoms. The molecule has 0 bridgehead atoms. The van der Waals surface area contributed by atoms with Gasteiger partial charge in [0.2, 0.25) is 0 Å². The van der Waals surface area contributed by atoms with Crippen LogP contribution in [0.5, 0.6) is 0 Å². The highest BCUT2D eigenvalue weighted by Crippen LogP contribution is 2.41.